The molecule has 2 rings (SSSR count). The molecule has 0 aliphatic carbocycles. The fourth-order valence-electron chi connectivity index (χ4n) is 1.28. The molecule has 20 heavy (non-hydrogen) atoms. The third-order valence-electron chi connectivity index (χ3n) is 2.12. The zero-order chi connectivity index (χ0) is 14.8. The highest BCUT2D eigenvalue weighted by molar-refractivity contribution is 7.94. The van der Waals surface area contributed by atoms with Gasteiger partial charge < -0.3 is 4.74 Å². The predicted molar refractivity (Wildman–Crippen MR) is 73.5 cm³/mol. The second kappa shape index (κ2) is 5.73. The zero-order valence-electron chi connectivity index (χ0n) is 10.0. The van der Waals surface area contributed by atoms with Crippen molar-refractivity contribution >= 4 is 44.7 Å². The summed E-state index contributed by atoms with van der Waals surface area (Å²) in [5.41, 5.74) is 0.981. The van der Waals surface area contributed by atoms with E-state index in [0.717, 1.165) is 18.4 Å². The maximum atomic E-state index is 12.2. The summed E-state index contributed by atoms with van der Waals surface area (Å²) in [6.07, 6.45) is 1.30. The van der Waals surface area contributed by atoms with Crippen molar-refractivity contribution in [3.8, 4) is 0 Å². The number of hydrogen-bond donors (Lipinski definition) is 1. The van der Waals surface area contributed by atoms with Crippen molar-refractivity contribution in [1.29, 1.82) is 0 Å². The van der Waals surface area contributed by atoms with Gasteiger partial charge in [-0.25, -0.2) is 23.2 Å². The lowest BCUT2D eigenvalue weighted by molar-refractivity contribution is 0.0590. The Kier molecular flexibility index (Phi) is 4.21. The Bertz CT molecular complexity index is 727. The number of nitrogens with one attached hydrogen (secondary N) is 1. The number of anilines is 1. The number of carbonyl (C=O) groups is 1. The highest BCUT2D eigenvalue weighted by Crippen LogP contribution is 2.23. The Labute approximate surface area is 123 Å². The number of esters is 1. The van der Waals surface area contributed by atoms with E-state index in [-0.39, 0.29) is 15.7 Å². The number of sulfonamides is 1. The molecule has 0 aliphatic heterocycles. The molecule has 0 amide bonds. The third-order valence-corrected chi connectivity index (χ3v) is 5.07. The first-order chi connectivity index (χ1) is 9.44. The molecule has 0 fully saturated rings. The SMILES string of the molecule is COC(=O)c1ncsc1S(=O)(=O)Nc1ccc(Cl)cn1. The lowest BCUT2D eigenvalue weighted by Crippen LogP contribution is -2.16. The van der Waals surface area contributed by atoms with Gasteiger partial charge in [-0.3, -0.25) is 4.72 Å². The van der Waals surface area contributed by atoms with Gasteiger partial charge in [0.1, 0.15) is 5.82 Å². The van der Waals surface area contributed by atoms with E-state index < -0.39 is 16.0 Å². The first-order valence-electron chi connectivity index (χ1n) is 5.10. The number of thiazole rings is 1. The van der Waals surface area contributed by atoms with Crippen LogP contribution in [0.2, 0.25) is 5.02 Å². The second-order valence-corrected chi connectivity index (χ2v) is 6.62. The molecule has 7 nitrogen and oxygen atoms in total. The summed E-state index contributed by atoms with van der Waals surface area (Å²) in [7, 11) is -2.82. The van der Waals surface area contributed by atoms with Gasteiger partial charge in [-0.2, -0.15) is 0 Å². The smallest absolute Gasteiger partial charge is 0.358 e. The molecule has 0 saturated carbocycles. The summed E-state index contributed by atoms with van der Waals surface area (Å²) in [4.78, 5) is 18.9. The first-order valence-corrected chi connectivity index (χ1v) is 7.84. The fraction of sp³-hybridized carbons (Fsp3) is 0.100. The number of ether oxygens (including phenoxy) is 1. The lowest BCUT2D eigenvalue weighted by atomic mass is 10.5. The average molecular weight is 334 g/mol. The van der Waals surface area contributed by atoms with E-state index in [0.29, 0.717) is 5.02 Å². The van der Waals surface area contributed by atoms with Crippen LogP contribution in [0.1, 0.15) is 10.5 Å². The van der Waals surface area contributed by atoms with Gasteiger partial charge in [0.05, 0.1) is 17.6 Å². The number of aromatic nitrogens is 2. The van der Waals surface area contributed by atoms with Crippen molar-refractivity contribution in [3.05, 3.63) is 34.6 Å². The quantitative estimate of drug-likeness (QED) is 0.856. The zero-order valence-corrected chi connectivity index (χ0v) is 12.4. The van der Waals surface area contributed by atoms with E-state index in [9.17, 15) is 13.2 Å². The van der Waals surface area contributed by atoms with Gasteiger partial charge >= 0.3 is 5.97 Å². The lowest BCUT2D eigenvalue weighted by Gasteiger charge is -2.06. The van der Waals surface area contributed by atoms with Gasteiger partial charge in [-0.05, 0) is 12.1 Å². The van der Waals surface area contributed by atoms with Crippen molar-refractivity contribution in [1.82, 2.24) is 9.97 Å². The Morgan fingerprint density at radius 1 is 1.40 bits per heavy atom. The van der Waals surface area contributed by atoms with E-state index in [1.807, 2.05) is 0 Å². The first kappa shape index (κ1) is 14.7. The number of pyridine rings is 1. The molecule has 0 spiro atoms. The van der Waals surface area contributed by atoms with Crippen LogP contribution in [-0.4, -0.2) is 31.5 Å². The maximum Gasteiger partial charge on any atom is 0.358 e. The normalized spacial score (nSPS) is 11.1. The minimum Gasteiger partial charge on any atom is -0.464 e. The van der Waals surface area contributed by atoms with Crippen molar-refractivity contribution in [3.63, 3.8) is 0 Å². The second-order valence-electron chi connectivity index (χ2n) is 3.45. The molecule has 0 aliphatic rings. The van der Waals surface area contributed by atoms with E-state index in [4.69, 9.17) is 11.6 Å². The van der Waals surface area contributed by atoms with Crippen LogP contribution < -0.4 is 4.72 Å². The van der Waals surface area contributed by atoms with Crippen LogP contribution in [0.4, 0.5) is 5.82 Å². The maximum absolute atomic E-state index is 12.2. The molecular formula is C10H8ClN3O4S2. The molecule has 0 aromatic carbocycles. The van der Waals surface area contributed by atoms with Gasteiger partial charge in [0.2, 0.25) is 0 Å². The largest absolute Gasteiger partial charge is 0.464 e. The molecule has 0 bridgehead atoms. The minimum absolute atomic E-state index is 0.0821. The van der Waals surface area contributed by atoms with Crippen molar-refractivity contribution in [2.24, 2.45) is 0 Å². The molecule has 0 radical (unpaired) electrons. The van der Waals surface area contributed by atoms with Crippen LogP contribution in [0, 0.1) is 0 Å². The van der Waals surface area contributed by atoms with Crippen LogP contribution in [0.3, 0.4) is 0 Å². The molecule has 0 atom stereocenters. The van der Waals surface area contributed by atoms with Crippen LogP contribution in [0.25, 0.3) is 0 Å². The molecule has 0 unspecified atom stereocenters. The Morgan fingerprint density at radius 3 is 2.75 bits per heavy atom. The van der Waals surface area contributed by atoms with E-state index in [1.165, 1.54) is 23.8 Å². The van der Waals surface area contributed by atoms with Gasteiger partial charge in [0, 0.05) is 6.20 Å². The van der Waals surface area contributed by atoms with Crippen molar-refractivity contribution in [2.45, 2.75) is 4.21 Å². The highest BCUT2D eigenvalue weighted by atomic mass is 35.5. The molecule has 1 N–H and O–H groups in total. The molecule has 10 heteroatoms. The number of hydrogen-bond acceptors (Lipinski definition) is 7. The third kappa shape index (κ3) is 3.06. The molecule has 2 aromatic rings. The minimum atomic E-state index is -3.97. The van der Waals surface area contributed by atoms with Gasteiger partial charge in [0.15, 0.2) is 9.90 Å². The summed E-state index contributed by atoms with van der Waals surface area (Å²) >= 11 is 6.47. The highest BCUT2D eigenvalue weighted by Gasteiger charge is 2.26. The van der Waals surface area contributed by atoms with Gasteiger partial charge in [-0.15, -0.1) is 11.3 Å². The van der Waals surface area contributed by atoms with E-state index in [1.54, 1.807) is 0 Å². The number of methoxy groups -OCH3 is 1. The number of nitrogens with zero attached hydrogens (tertiary/aromatic N) is 2. The molecule has 106 valence electrons. The van der Waals surface area contributed by atoms with E-state index >= 15 is 0 Å². The Balaban J connectivity index is 2.34. The Hall–Kier alpha value is -1.71. The topological polar surface area (TPSA) is 98.2 Å². The monoisotopic (exact) mass is 333 g/mol. The van der Waals surface area contributed by atoms with E-state index in [2.05, 4.69) is 19.4 Å². The molecule has 2 heterocycles. The Morgan fingerprint density at radius 2 is 2.15 bits per heavy atom. The van der Waals surface area contributed by atoms with Gasteiger partial charge in [-0.1, -0.05) is 11.6 Å². The van der Waals surface area contributed by atoms with Gasteiger partial charge in [0.25, 0.3) is 10.0 Å². The number of carbonyl (C=O) groups excluding carboxylic acids is 1. The fourth-order valence-corrected chi connectivity index (χ4v) is 3.53. The standard InChI is InChI=1S/C10H8ClN3O4S2/c1-18-9(15)8-10(19-5-13-8)20(16,17)14-7-3-2-6(11)4-12-7/h2-5H,1H3,(H,12,14). The summed E-state index contributed by atoms with van der Waals surface area (Å²) in [6, 6.07) is 2.89. The molecule has 0 saturated heterocycles. The summed E-state index contributed by atoms with van der Waals surface area (Å²) in [5, 5.41) is 0.376. The number of halogens is 1. The van der Waals surface area contributed by atoms with Crippen LogP contribution in [-0.2, 0) is 14.8 Å². The average Bonchev–Trinajstić information content (AvgIpc) is 2.90. The van der Waals surface area contributed by atoms with Crippen LogP contribution in [0.5, 0.6) is 0 Å². The molecule has 2 aromatic heterocycles. The van der Waals surface area contributed by atoms with Crippen LogP contribution in [0.15, 0.2) is 28.0 Å². The summed E-state index contributed by atoms with van der Waals surface area (Å²) < 4.78 is 30.8. The van der Waals surface area contributed by atoms with Crippen molar-refractivity contribution in [2.75, 3.05) is 11.8 Å². The number of rotatable bonds is 4. The summed E-state index contributed by atoms with van der Waals surface area (Å²) in [6.45, 7) is 0. The van der Waals surface area contributed by atoms with Crippen LogP contribution >= 0.6 is 22.9 Å². The van der Waals surface area contributed by atoms with Crippen molar-refractivity contribution < 1.29 is 17.9 Å². The summed E-state index contributed by atoms with van der Waals surface area (Å²) in [5.74, 6) is -0.741. The molecular weight excluding hydrogens is 326 g/mol. The predicted octanol–water partition coefficient (Wildman–Crippen LogP) is 1.78.